The van der Waals surface area contributed by atoms with Crippen molar-refractivity contribution in [3.05, 3.63) is 35.7 Å². The second-order valence-corrected chi connectivity index (χ2v) is 7.88. The molecular weight excluding hydrogens is 439 g/mol. The first-order valence-electron chi connectivity index (χ1n) is 10.5. The summed E-state index contributed by atoms with van der Waals surface area (Å²) in [7, 11) is 0. The molecule has 8 nitrogen and oxygen atoms in total. The van der Waals surface area contributed by atoms with Gasteiger partial charge in [0.15, 0.2) is 0 Å². The van der Waals surface area contributed by atoms with Gasteiger partial charge >= 0.3 is 0 Å². The second kappa shape index (κ2) is 12.4. The van der Waals surface area contributed by atoms with E-state index >= 15 is 0 Å². The molecule has 0 spiro atoms. The highest BCUT2D eigenvalue weighted by molar-refractivity contribution is 5.85. The quantitative estimate of drug-likeness (QED) is 0.689. The maximum absolute atomic E-state index is 12.3. The predicted molar refractivity (Wildman–Crippen MR) is 125 cm³/mol. The molecule has 1 N–H and O–H groups in total. The number of carbonyl (C=O) groups excluding carboxylic acids is 1. The summed E-state index contributed by atoms with van der Waals surface area (Å²) in [4.78, 5) is 23.6. The summed E-state index contributed by atoms with van der Waals surface area (Å²) in [6, 6.07) is 8.14. The van der Waals surface area contributed by atoms with Gasteiger partial charge in [-0.15, -0.1) is 24.8 Å². The summed E-state index contributed by atoms with van der Waals surface area (Å²) in [6.07, 6.45) is 0.615. The van der Waals surface area contributed by atoms with Crippen LogP contribution in [-0.2, 0) is 11.3 Å². The number of rotatable bonds is 6. The van der Waals surface area contributed by atoms with Crippen LogP contribution in [0.2, 0.25) is 0 Å². The van der Waals surface area contributed by atoms with Crippen molar-refractivity contribution in [1.29, 1.82) is 0 Å². The highest BCUT2D eigenvalue weighted by Crippen LogP contribution is 2.17. The molecule has 1 aromatic heterocycles. The number of nitrogens with one attached hydrogen (secondary N) is 1. The summed E-state index contributed by atoms with van der Waals surface area (Å²) >= 11 is 0. The highest BCUT2D eigenvalue weighted by atomic mass is 35.5. The fourth-order valence-electron chi connectivity index (χ4n) is 3.83. The number of piperazine rings is 2. The lowest BCUT2D eigenvalue weighted by atomic mass is 10.1. The fourth-order valence-corrected chi connectivity index (χ4v) is 3.83. The Balaban J connectivity index is 0.00000171. The summed E-state index contributed by atoms with van der Waals surface area (Å²) in [5.41, 5.74) is 2.19. The van der Waals surface area contributed by atoms with Crippen molar-refractivity contribution in [2.45, 2.75) is 19.9 Å². The van der Waals surface area contributed by atoms with Crippen LogP contribution < -0.4 is 5.32 Å². The zero-order valence-electron chi connectivity index (χ0n) is 18.0. The molecule has 0 radical (unpaired) electrons. The normalized spacial score (nSPS) is 17.6. The number of benzene rings is 1. The smallest absolute Gasteiger partial charge is 0.241 e. The number of hydrogen-bond acceptors (Lipinski definition) is 7. The molecule has 4 rings (SSSR count). The van der Waals surface area contributed by atoms with Crippen LogP contribution >= 0.6 is 24.8 Å². The Morgan fingerprint density at radius 2 is 1.65 bits per heavy atom. The molecule has 2 aromatic rings. The highest BCUT2D eigenvalue weighted by Gasteiger charge is 2.21. The predicted octanol–water partition coefficient (Wildman–Crippen LogP) is 1.83. The van der Waals surface area contributed by atoms with Crippen LogP contribution in [-0.4, -0.2) is 89.7 Å². The first kappa shape index (κ1) is 25.5. The van der Waals surface area contributed by atoms with Gasteiger partial charge in [-0.3, -0.25) is 9.69 Å². The molecule has 0 saturated carbocycles. The van der Waals surface area contributed by atoms with Gasteiger partial charge in [0, 0.05) is 70.9 Å². The van der Waals surface area contributed by atoms with Crippen LogP contribution in [0.25, 0.3) is 11.4 Å². The van der Waals surface area contributed by atoms with E-state index in [9.17, 15) is 4.79 Å². The molecule has 3 heterocycles. The van der Waals surface area contributed by atoms with Crippen LogP contribution in [0, 0.1) is 6.92 Å². The number of amides is 1. The van der Waals surface area contributed by atoms with Crippen LogP contribution in [0.4, 0.5) is 0 Å². The van der Waals surface area contributed by atoms with Gasteiger partial charge in [0.1, 0.15) is 0 Å². The molecule has 2 aliphatic rings. The second-order valence-electron chi connectivity index (χ2n) is 7.88. The molecule has 2 fully saturated rings. The summed E-state index contributed by atoms with van der Waals surface area (Å²) in [5.74, 6) is 1.58. The number of aryl methyl sites for hydroxylation is 1. The van der Waals surface area contributed by atoms with Gasteiger partial charge in [-0.1, -0.05) is 35.0 Å². The van der Waals surface area contributed by atoms with Gasteiger partial charge in [0.2, 0.25) is 17.6 Å². The third-order valence-corrected chi connectivity index (χ3v) is 5.71. The van der Waals surface area contributed by atoms with Crippen molar-refractivity contribution in [3.63, 3.8) is 0 Å². The monoisotopic (exact) mass is 470 g/mol. The van der Waals surface area contributed by atoms with Crippen molar-refractivity contribution in [1.82, 2.24) is 30.2 Å². The zero-order valence-corrected chi connectivity index (χ0v) is 19.6. The average molecular weight is 471 g/mol. The molecule has 0 aliphatic carbocycles. The van der Waals surface area contributed by atoms with Gasteiger partial charge in [0.25, 0.3) is 0 Å². The standard InChI is InChI=1S/C21H30N6O2.2ClH/c1-17-2-4-18(5-3-17)21-23-19(29-24-21)16-26-14-12-25(13-15-26)9-6-20(28)27-10-7-22-8-11-27;;/h2-5,22H,6-16H2,1H3;2*1H. The van der Waals surface area contributed by atoms with Crippen molar-refractivity contribution in [2.24, 2.45) is 0 Å². The van der Waals surface area contributed by atoms with Crippen molar-refractivity contribution in [2.75, 3.05) is 58.9 Å². The molecule has 2 aliphatic heterocycles. The SMILES string of the molecule is Cc1ccc(-c2noc(CN3CCN(CCC(=O)N4CCNCC4)CC3)n2)cc1.Cl.Cl. The summed E-state index contributed by atoms with van der Waals surface area (Å²) in [6.45, 7) is 10.9. The molecule has 1 amide bonds. The van der Waals surface area contributed by atoms with E-state index in [4.69, 9.17) is 4.52 Å². The molecule has 172 valence electrons. The lowest BCUT2D eigenvalue weighted by Crippen LogP contribution is -2.49. The van der Waals surface area contributed by atoms with Gasteiger partial charge in [0.05, 0.1) is 6.54 Å². The minimum absolute atomic E-state index is 0. The topological polar surface area (TPSA) is 77.7 Å². The Morgan fingerprint density at radius 3 is 2.32 bits per heavy atom. The van der Waals surface area contributed by atoms with E-state index in [2.05, 4.69) is 44.3 Å². The first-order chi connectivity index (χ1) is 14.2. The van der Waals surface area contributed by atoms with Crippen LogP contribution in [0.15, 0.2) is 28.8 Å². The molecule has 2 saturated heterocycles. The summed E-state index contributed by atoms with van der Waals surface area (Å²) in [5, 5.41) is 7.41. The lowest BCUT2D eigenvalue weighted by molar-refractivity contribution is -0.132. The largest absolute Gasteiger partial charge is 0.340 e. The lowest BCUT2D eigenvalue weighted by Gasteiger charge is -2.34. The number of aromatic nitrogens is 2. The molecular formula is C21H32Cl2N6O2. The Morgan fingerprint density at radius 1 is 1.00 bits per heavy atom. The third-order valence-electron chi connectivity index (χ3n) is 5.71. The zero-order chi connectivity index (χ0) is 20.1. The molecule has 1 aromatic carbocycles. The Kier molecular flexibility index (Phi) is 10.2. The van der Waals surface area contributed by atoms with Crippen molar-refractivity contribution >= 4 is 30.7 Å². The number of carbonyl (C=O) groups is 1. The maximum Gasteiger partial charge on any atom is 0.241 e. The number of hydrogen-bond donors (Lipinski definition) is 1. The van der Waals surface area contributed by atoms with E-state index in [-0.39, 0.29) is 30.7 Å². The average Bonchev–Trinajstić information content (AvgIpc) is 3.22. The molecule has 0 bridgehead atoms. The molecule has 0 atom stereocenters. The first-order valence-corrected chi connectivity index (χ1v) is 10.5. The number of nitrogens with zero attached hydrogens (tertiary/aromatic N) is 5. The maximum atomic E-state index is 12.3. The molecule has 31 heavy (non-hydrogen) atoms. The van der Waals surface area contributed by atoms with Crippen LogP contribution in [0.5, 0.6) is 0 Å². The van der Waals surface area contributed by atoms with Gasteiger partial charge < -0.3 is 19.6 Å². The van der Waals surface area contributed by atoms with Gasteiger partial charge in [-0.2, -0.15) is 4.98 Å². The minimum atomic E-state index is 0. The van der Waals surface area contributed by atoms with E-state index in [1.165, 1.54) is 5.56 Å². The molecule has 0 unspecified atom stereocenters. The van der Waals surface area contributed by atoms with E-state index < -0.39 is 0 Å². The van der Waals surface area contributed by atoms with Crippen molar-refractivity contribution in [3.8, 4) is 11.4 Å². The Labute approximate surface area is 196 Å². The van der Waals surface area contributed by atoms with Crippen LogP contribution in [0.1, 0.15) is 17.9 Å². The summed E-state index contributed by atoms with van der Waals surface area (Å²) < 4.78 is 5.45. The molecule has 10 heteroatoms. The number of halogens is 2. The third kappa shape index (κ3) is 7.15. The van der Waals surface area contributed by atoms with E-state index in [1.807, 2.05) is 17.0 Å². The Bertz CT molecular complexity index is 802. The van der Waals surface area contributed by atoms with Gasteiger partial charge in [-0.25, -0.2) is 0 Å². The van der Waals surface area contributed by atoms with Gasteiger partial charge in [-0.05, 0) is 6.92 Å². The Hall–Kier alpha value is -1.71. The van der Waals surface area contributed by atoms with Crippen LogP contribution in [0.3, 0.4) is 0 Å². The minimum Gasteiger partial charge on any atom is -0.340 e. The fraction of sp³-hybridized carbons (Fsp3) is 0.571. The van der Waals surface area contributed by atoms with Crippen molar-refractivity contribution < 1.29 is 9.32 Å². The van der Waals surface area contributed by atoms with E-state index in [1.54, 1.807) is 0 Å². The van der Waals surface area contributed by atoms with E-state index in [0.717, 1.165) is 64.5 Å². The van der Waals surface area contributed by atoms with E-state index in [0.29, 0.717) is 24.7 Å².